The predicted molar refractivity (Wildman–Crippen MR) is 103 cm³/mol. The van der Waals surface area contributed by atoms with Crippen molar-refractivity contribution in [2.45, 2.75) is 50.6 Å². The first-order valence-corrected chi connectivity index (χ1v) is 9.73. The molecule has 0 aliphatic carbocycles. The number of carbonyl (C=O) groups excluding carboxylic acids is 2. The van der Waals surface area contributed by atoms with Crippen LogP contribution in [-0.4, -0.2) is 16.1 Å². The van der Waals surface area contributed by atoms with Crippen molar-refractivity contribution in [2.24, 2.45) is 0 Å². The summed E-state index contributed by atoms with van der Waals surface area (Å²) in [7, 11) is 0. The number of aryl methyl sites for hydroxylation is 2. The second-order valence-corrected chi connectivity index (χ2v) is 8.25. The van der Waals surface area contributed by atoms with E-state index in [1.165, 1.54) is 27.1 Å². The van der Waals surface area contributed by atoms with Crippen LogP contribution in [0.15, 0.2) is 41.3 Å². The Bertz CT molecular complexity index is 873. The van der Waals surface area contributed by atoms with Gasteiger partial charge in [0, 0.05) is 24.4 Å². The van der Waals surface area contributed by atoms with Crippen LogP contribution in [0.2, 0.25) is 0 Å². The van der Waals surface area contributed by atoms with Crippen molar-refractivity contribution in [3.63, 3.8) is 0 Å². The van der Waals surface area contributed by atoms with Gasteiger partial charge >= 0.3 is 0 Å². The summed E-state index contributed by atoms with van der Waals surface area (Å²) in [5.41, 5.74) is 6.23. The molecule has 2 aliphatic rings. The Hall–Kier alpha value is -2.11. The molecule has 26 heavy (non-hydrogen) atoms. The van der Waals surface area contributed by atoms with Crippen molar-refractivity contribution >= 4 is 23.8 Å². The topological polar surface area (TPSA) is 49.4 Å². The van der Waals surface area contributed by atoms with E-state index in [1.807, 2.05) is 18.0 Å². The molecule has 0 aromatic heterocycles. The van der Waals surface area contributed by atoms with Gasteiger partial charge in [0.05, 0.1) is 5.92 Å². The van der Waals surface area contributed by atoms with Crippen LogP contribution in [0.25, 0.3) is 0 Å². The lowest BCUT2D eigenvalue weighted by molar-refractivity contribution is -0.134. The van der Waals surface area contributed by atoms with Crippen molar-refractivity contribution in [1.29, 1.82) is 0 Å². The number of imide groups is 1. The quantitative estimate of drug-likeness (QED) is 0.662. The van der Waals surface area contributed by atoms with Crippen molar-refractivity contribution in [2.75, 3.05) is 0 Å². The second-order valence-electron chi connectivity index (χ2n) is 7.14. The molecule has 2 heterocycles. The highest BCUT2D eigenvalue weighted by molar-refractivity contribution is 7.97. The third-order valence-electron chi connectivity index (χ3n) is 5.19. The predicted octanol–water partition coefficient (Wildman–Crippen LogP) is 3.85. The summed E-state index contributed by atoms with van der Waals surface area (Å²) < 4.78 is 2.37. The molecule has 0 radical (unpaired) electrons. The number of rotatable bonds is 3. The molecule has 2 aromatic rings. The van der Waals surface area contributed by atoms with E-state index < -0.39 is 0 Å². The summed E-state index contributed by atoms with van der Waals surface area (Å²) in [5, 5.41) is 2.46. The van der Waals surface area contributed by atoms with E-state index in [4.69, 9.17) is 0 Å². The molecule has 1 saturated heterocycles. The number of hydrogen-bond donors (Lipinski definition) is 1. The van der Waals surface area contributed by atoms with Crippen LogP contribution < -0.4 is 5.32 Å². The lowest BCUT2D eigenvalue weighted by Gasteiger charge is -2.21. The summed E-state index contributed by atoms with van der Waals surface area (Å²) in [5.74, 6) is -0.539. The molecule has 4 rings (SSSR count). The van der Waals surface area contributed by atoms with Crippen molar-refractivity contribution in [1.82, 2.24) is 9.62 Å². The first kappa shape index (κ1) is 17.3. The van der Waals surface area contributed by atoms with Crippen molar-refractivity contribution in [3.05, 3.63) is 64.2 Å². The van der Waals surface area contributed by atoms with E-state index in [0.717, 1.165) is 18.7 Å². The number of benzene rings is 2. The van der Waals surface area contributed by atoms with Gasteiger partial charge in [-0.05, 0) is 60.0 Å². The summed E-state index contributed by atoms with van der Waals surface area (Å²) >= 11 is 1.81. The van der Waals surface area contributed by atoms with Gasteiger partial charge in [-0.25, -0.2) is 4.31 Å². The van der Waals surface area contributed by atoms with Gasteiger partial charge in [-0.2, -0.15) is 0 Å². The normalized spacial score (nSPS) is 20.2. The first-order chi connectivity index (χ1) is 12.5. The lowest BCUT2D eigenvalue weighted by Crippen LogP contribution is -2.39. The van der Waals surface area contributed by atoms with E-state index in [-0.39, 0.29) is 17.7 Å². The Morgan fingerprint density at radius 2 is 1.77 bits per heavy atom. The smallest absolute Gasteiger partial charge is 0.234 e. The van der Waals surface area contributed by atoms with Gasteiger partial charge < -0.3 is 0 Å². The van der Waals surface area contributed by atoms with Crippen molar-refractivity contribution in [3.8, 4) is 0 Å². The molecule has 2 aliphatic heterocycles. The van der Waals surface area contributed by atoms with Gasteiger partial charge in [0.2, 0.25) is 11.8 Å². The minimum Gasteiger partial charge on any atom is -0.296 e. The first-order valence-electron chi connectivity index (χ1n) is 8.96. The average Bonchev–Trinajstić information content (AvgIpc) is 3.00. The maximum absolute atomic E-state index is 12.1. The zero-order valence-electron chi connectivity index (χ0n) is 15.0. The van der Waals surface area contributed by atoms with E-state index >= 15 is 0 Å². The molecule has 1 unspecified atom stereocenters. The fourth-order valence-electron chi connectivity index (χ4n) is 3.75. The highest BCUT2D eigenvalue weighted by Gasteiger charge is 2.29. The monoisotopic (exact) mass is 366 g/mol. The summed E-state index contributed by atoms with van der Waals surface area (Å²) in [6.45, 7) is 6.08. The molecule has 2 amide bonds. The number of hydrogen-bond acceptors (Lipinski definition) is 4. The molecule has 0 bridgehead atoms. The van der Waals surface area contributed by atoms with E-state index in [1.54, 1.807) is 0 Å². The standard InChI is InChI=1S/C21H22N2O2S/c1-13-4-3-5-14(2)20(13)26-23-11-16-7-6-15(10-17(16)12-23)18-8-9-19(24)22-21(18)25/h3-7,10,18H,8-9,11-12H2,1-2H3,(H,22,24,25). The van der Waals surface area contributed by atoms with Gasteiger partial charge in [0.25, 0.3) is 0 Å². The highest BCUT2D eigenvalue weighted by atomic mass is 32.2. The zero-order chi connectivity index (χ0) is 18.3. The van der Waals surface area contributed by atoms with Crippen LogP contribution in [-0.2, 0) is 22.7 Å². The SMILES string of the molecule is Cc1cccc(C)c1SN1Cc2ccc(C3CCC(=O)NC3=O)cc2C1. The number of piperidine rings is 1. The van der Waals surface area contributed by atoms with Gasteiger partial charge in [-0.1, -0.05) is 36.4 Å². The summed E-state index contributed by atoms with van der Waals surface area (Å²) in [6, 6.07) is 12.7. The Balaban J connectivity index is 1.51. The van der Waals surface area contributed by atoms with Crippen LogP contribution in [0.5, 0.6) is 0 Å². The Labute approximate surface area is 158 Å². The molecule has 1 N–H and O–H groups in total. The molecule has 0 spiro atoms. The fourth-order valence-corrected chi connectivity index (χ4v) is 4.84. The maximum atomic E-state index is 12.1. The number of amides is 2. The molecule has 2 aromatic carbocycles. The number of nitrogens with zero attached hydrogens (tertiary/aromatic N) is 1. The highest BCUT2D eigenvalue weighted by Crippen LogP contribution is 2.37. The lowest BCUT2D eigenvalue weighted by atomic mass is 9.89. The zero-order valence-corrected chi connectivity index (χ0v) is 15.9. The van der Waals surface area contributed by atoms with Crippen LogP contribution in [0, 0.1) is 13.8 Å². The molecule has 1 atom stereocenters. The second kappa shape index (κ2) is 6.89. The van der Waals surface area contributed by atoms with Gasteiger partial charge in [-0.15, -0.1) is 0 Å². The van der Waals surface area contributed by atoms with Crippen LogP contribution in [0.1, 0.15) is 46.6 Å². The molecular weight excluding hydrogens is 344 g/mol. The fraction of sp³-hybridized carbons (Fsp3) is 0.333. The minimum atomic E-state index is -0.210. The van der Waals surface area contributed by atoms with Crippen LogP contribution in [0.3, 0.4) is 0 Å². The Kier molecular flexibility index (Phi) is 4.59. The number of nitrogens with one attached hydrogen (secondary N) is 1. The Morgan fingerprint density at radius 3 is 2.50 bits per heavy atom. The molecule has 0 saturated carbocycles. The van der Waals surface area contributed by atoms with Crippen LogP contribution >= 0.6 is 11.9 Å². The van der Waals surface area contributed by atoms with E-state index in [0.29, 0.717) is 12.8 Å². The van der Waals surface area contributed by atoms with Crippen molar-refractivity contribution < 1.29 is 9.59 Å². The summed E-state index contributed by atoms with van der Waals surface area (Å²) in [6.07, 6.45) is 1.02. The molecule has 4 nitrogen and oxygen atoms in total. The molecular formula is C21H22N2O2S. The van der Waals surface area contributed by atoms with Gasteiger partial charge in [-0.3, -0.25) is 14.9 Å². The Morgan fingerprint density at radius 1 is 1.04 bits per heavy atom. The number of fused-ring (bicyclic) bond motifs is 1. The largest absolute Gasteiger partial charge is 0.296 e. The summed E-state index contributed by atoms with van der Waals surface area (Å²) in [4.78, 5) is 24.8. The maximum Gasteiger partial charge on any atom is 0.234 e. The van der Waals surface area contributed by atoms with Gasteiger partial charge in [0.15, 0.2) is 0 Å². The molecule has 1 fully saturated rings. The van der Waals surface area contributed by atoms with E-state index in [9.17, 15) is 9.59 Å². The van der Waals surface area contributed by atoms with E-state index in [2.05, 4.69) is 53.8 Å². The molecule has 134 valence electrons. The van der Waals surface area contributed by atoms with Gasteiger partial charge in [0.1, 0.15) is 0 Å². The third-order valence-corrected chi connectivity index (χ3v) is 6.54. The third kappa shape index (κ3) is 3.29. The molecule has 5 heteroatoms. The van der Waals surface area contributed by atoms with Crippen LogP contribution in [0.4, 0.5) is 0 Å². The number of carbonyl (C=O) groups is 2. The average molecular weight is 366 g/mol. The minimum absolute atomic E-state index is 0.163.